The van der Waals surface area contributed by atoms with E-state index in [1.165, 1.54) is 36.9 Å². The van der Waals surface area contributed by atoms with Crippen molar-refractivity contribution < 1.29 is 27.6 Å². The smallest absolute Gasteiger partial charge is 0.325 e. The quantitative estimate of drug-likeness (QED) is 0.746. The van der Waals surface area contributed by atoms with Crippen molar-refractivity contribution in [3.8, 4) is 0 Å². The minimum atomic E-state index is -4.59. The van der Waals surface area contributed by atoms with E-state index in [4.69, 9.17) is 0 Å². The molecular weight excluding hydrogens is 373 g/mol. The Bertz CT molecular complexity index is 877. The van der Waals surface area contributed by atoms with E-state index in [-0.39, 0.29) is 30.3 Å². The SMILES string of the molecule is CC(=O)c1ccc(N(CCC(=O)Nc2ccccc2C(F)(F)F)C(C)=O)cc1. The fourth-order valence-electron chi connectivity index (χ4n) is 2.61. The van der Waals surface area contributed by atoms with Crippen molar-refractivity contribution in [2.75, 3.05) is 16.8 Å². The monoisotopic (exact) mass is 392 g/mol. The van der Waals surface area contributed by atoms with Crippen molar-refractivity contribution in [2.24, 2.45) is 0 Å². The molecule has 0 fully saturated rings. The number of carbonyl (C=O) groups excluding carboxylic acids is 3. The summed E-state index contributed by atoms with van der Waals surface area (Å²) < 4.78 is 39.0. The molecule has 2 aromatic rings. The highest BCUT2D eigenvalue weighted by molar-refractivity contribution is 5.97. The number of carbonyl (C=O) groups is 3. The molecule has 148 valence electrons. The van der Waals surface area contributed by atoms with Crippen molar-refractivity contribution in [3.05, 3.63) is 59.7 Å². The number of hydrogen-bond acceptors (Lipinski definition) is 3. The van der Waals surface area contributed by atoms with Crippen LogP contribution in [0.3, 0.4) is 0 Å². The second-order valence-electron chi connectivity index (χ2n) is 6.12. The first-order valence-electron chi connectivity index (χ1n) is 8.45. The zero-order chi connectivity index (χ0) is 20.9. The van der Waals surface area contributed by atoms with Gasteiger partial charge in [-0.05, 0) is 43.3 Å². The Hall–Kier alpha value is -3.16. The van der Waals surface area contributed by atoms with Crippen molar-refractivity contribution in [1.29, 1.82) is 0 Å². The van der Waals surface area contributed by atoms with Crippen LogP contribution in [0, 0.1) is 0 Å². The number of ketones is 1. The van der Waals surface area contributed by atoms with Gasteiger partial charge in [-0.25, -0.2) is 0 Å². The van der Waals surface area contributed by atoms with Crippen molar-refractivity contribution in [1.82, 2.24) is 0 Å². The number of Topliss-reactive ketones (excluding diaryl/α,β-unsaturated/α-hetero) is 1. The molecule has 28 heavy (non-hydrogen) atoms. The zero-order valence-corrected chi connectivity index (χ0v) is 15.3. The van der Waals surface area contributed by atoms with Gasteiger partial charge in [0.25, 0.3) is 0 Å². The highest BCUT2D eigenvalue weighted by Crippen LogP contribution is 2.34. The number of rotatable bonds is 6. The lowest BCUT2D eigenvalue weighted by molar-refractivity contribution is -0.137. The Labute approximate surface area is 160 Å². The first-order valence-corrected chi connectivity index (χ1v) is 8.45. The van der Waals surface area contributed by atoms with Gasteiger partial charge in [-0.15, -0.1) is 0 Å². The third kappa shape index (κ3) is 5.42. The molecule has 0 saturated heterocycles. The number of hydrogen-bond donors (Lipinski definition) is 1. The van der Waals surface area contributed by atoms with Crippen LogP contribution in [0.4, 0.5) is 24.5 Å². The van der Waals surface area contributed by atoms with Gasteiger partial charge >= 0.3 is 6.18 Å². The number of amides is 2. The standard InChI is InChI=1S/C20H19F3N2O3/c1-13(26)15-7-9-16(10-8-15)25(14(2)27)12-11-19(28)24-18-6-4-3-5-17(18)20(21,22)23/h3-10H,11-12H2,1-2H3,(H,24,28). The molecule has 0 heterocycles. The van der Waals surface area contributed by atoms with Gasteiger partial charge in [0.2, 0.25) is 11.8 Å². The van der Waals surface area contributed by atoms with Crippen LogP contribution in [0.1, 0.15) is 36.2 Å². The van der Waals surface area contributed by atoms with Gasteiger partial charge < -0.3 is 10.2 Å². The Morgan fingerprint density at radius 3 is 2.11 bits per heavy atom. The van der Waals surface area contributed by atoms with Gasteiger partial charge in [0, 0.05) is 31.1 Å². The largest absolute Gasteiger partial charge is 0.418 e. The molecular formula is C20H19F3N2O3. The predicted octanol–water partition coefficient (Wildman–Crippen LogP) is 4.29. The summed E-state index contributed by atoms with van der Waals surface area (Å²) in [5.74, 6) is -1.11. The summed E-state index contributed by atoms with van der Waals surface area (Å²) in [5, 5.41) is 2.25. The molecule has 2 amide bonds. The van der Waals surface area contributed by atoms with Crippen LogP contribution in [0.25, 0.3) is 0 Å². The number of alkyl halides is 3. The van der Waals surface area contributed by atoms with Crippen molar-refractivity contribution >= 4 is 29.0 Å². The molecule has 0 atom stereocenters. The molecule has 2 aromatic carbocycles. The Kier molecular flexibility index (Phi) is 6.56. The number of anilines is 2. The number of benzene rings is 2. The van der Waals surface area contributed by atoms with Gasteiger partial charge in [-0.3, -0.25) is 14.4 Å². The molecule has 0 aliphatic carbocycles. The maximum Gasteiger partial charge on any atom is 0.418 e. The lowest BCUT2D eigenvalue weighted by Crippen LogP contribution is -2.32. The minimum Gasteiger partial charge on any atom is -0.325 e. The first-order chi connectivity index (χ1) is 13.1. The second-order valence-corrected chi connectivity index (χ2v) is 6.12. The molecule has 2 rings (SSSR count). The number of nitrogens with one attached hydrogen (secondary N) is 1. The van der Waals surface area contributed by atoms with E-state index in [0.29, 0.717) is 11.3 Å². The zero-order valence-electron chi connectivity index (χ0n) is 15.3. The minimum absolute atomic E-state index is 0.0191. The van der Waals surface area contributed by atoms with Crippen molar-refractivity contribution in [3.63, 3.8) is 0 Å². The molecule has 0 aliphatic rings. The maximum atomic E-state index is 13.0. The Balaban J connectivity index is 2.07. The fourth-order valence-corrected chi connectivity index (χ4v) is 2.61. The van der Waals surface area contributed by atoms with Crippen LogP contribution in [-0.4, -0.2) is 24.1 Å². The Morgan fingerprint density at radius 2 is 1.57 bits per heavy atom. The van der Waals surface area contributed by atoms with Gasteiger partial charge in [0.15, 0.2) is 5.78 Å². The lowest BCUT2D eigenvalue weighted by Gasteiger charge is -2.21. The molecule has 0 spiro atoms. The van der Waals surface area contributed by atoms with E-state index in [0.717, 1.165) is 6.07 Å². The van der Waals surface area contributed by atoms with Crippen LogP contribution < -0.4 is 10.2 Å². The van der Waals surface area contributed by atoms with Crippen LogP contribution in [0.15, 0.2) is 48.5 Å². The molecule has 5 nitrogen and oxygen atoms in total. The van der Waals surface area contributed by atoms with Gasteiger partial charge in [0.1, 0.15) is 0 Å². The van der Waals surface area contributed by atoms with E-state index in [9.17, 15) is 27.6 Å². The molecule has 0 unspecified atom stereocenters. The molecule has 0 aliphatic heterocycles. The number of nitrogens with zero attached hydrogens (tertiary/aromatic N) is 1. The summed E-state index contributed by atoms with van der Waals surface area (Å²) >= 11 is 0. The van der Waals surface area contributed by atoms with E-state index in [2.05, 4.69) is 5.32 Å². The third-order valence-electron chi connectivity index (χ3n) is 4.03. The third-order valence-corrected chi connectivity index (χ3v) is 4.03. The summed E-state index contributed by atoms with van der Waals surface area (Å²) in [6, 6.07) is 11.0. The second kappa shape index (κ2) is 8.69. The van der Waals surface area contributed by atoms with E-state index in [1.54, 1.807) is 24.3 Å². The molecule has 0 aromatic heterocycles. The summed E-state index contributed by atoms with van der Waals surface area (Å²) in [6.45, 7) is 2.71. The topological polar surface area (TPSA) is 66.5 Å². The maximum absolute atomic E-state index is 13.0. The molecule has 0 radical (unpaired) electrons. The molecule has 0 bridgehead atoms. The fraction of sp³-hybridized carbons (Fsp3) is 0.250. The van der Waals surface area contributed by atoms with Gasteiger partial charge in [-0.1, -0.05) is 12.1 Å². The number of halogens is 3. The average Bonchev–Trinajstić information content (AvgIpc) is 2.61. The van der Waals surface area contributed by atoms with Crippen LogP contribution in [0.5, 0.6) is 0 Å². The van der Waals surface area contributed by atoms with E-state index < -0.39 is 17.6 Å². The van der Waals surface area contributed by atoms with Crippen LogP contribution in [-0.2, 0) is 15.8 Å². The summed E-state index contributed by atoms with van der Waals surface area (Å²) in [6.07, 6.45) is -4.78. The normalized spacial score (nSPS) is 11.0. The lowest BCUT2D eigenvalue weighted by atomic mass is 10.1. The number of para-hydroxylation sites is 1. The van der Waals surface area contributed by atoms with Gasteiger partial charge in [0.05, 0.1) is 11.3 Å². The first kappa shape index (κ1) is 21.1. The summed E-state index contributed by atoms with van der Waals surface area (Å²) in [7, 11) is 0. The highest BCUT2D eigenvalue weighted by Gasteiger charge is 2.33. The van der Waals surface area contributed by atoms with Gasteiger partial charge in [-0.2, -0.15) is 13.2 Å². The summed E-state index contributed by atoms with van der Waals surface area (Å²) in [4.78, 5) is 36.7. The molecule has 1 N–H and O–H groups in total. The van der Waals surface area contributed by atoms with E-state index in [1.807, 2.05) is 0 Å². The summed E-state index contributed by atoms with van der Waals surface area (Å²) in [5.41, 5.74) is -0.304. The van der Waals surface area contributed by atoms with Crippen LogP contribution >= 0.6 is 0 Å². The van der Waals surface area contributed by atoms with E-state index >= 15 is 0 Å². The molecule has 8 heteroatoms. The van der Waals surface area contributed by atoms with Crippen molar-refractivity contribution in [2.45, 2.75) is 26.4 Å². The predicted molar refractivity (Wildman–Crippen MR) is 99.2 cm³/mol. The van der Waals surface area contributed by atoms with Crippen LogP contribution in [0.2, 0.25) is 0 Å². The average molecular weight is 392 g/mol. The Morgan fingerprint density at radius 1 is 0.964 bits per heavy atom. The molecule has 0 saturated carbocycles. The highest BCUT2D eigenvalue weighted by atomic mass is 19.4.